The van der Waals surface area contributed by atoms with Crippen LogP contribution in [0.2, 0.25) is 0 Å². The molecule has 3 N–H and O–H groups in total. The molecule has 0 aromatic heterocycles. The van der Waals surface area contributed by atoms with E-state index in [4.69, 9.17) is 10.8 Å². The van der Waals surface area contributed by atoms with Gasteiger partial charge in [-0.05, 0) is 12.8 Å². The summed E-state index contributed by atoms with van der Waals surface area (Å²) in [5, 5.41) is 9.05. The quantitative estimate of drug-likeness (QED) is 0.507. The van der Waals surface area contributed by atoms with Crippen molar-refractivity contribution in [2.75, 3.05) is 19.7 Å². The number of unbranched alkanes of at least 4 members (excludes halogenated alkanes) is 3. The second-order valence-electron chi connectivity index (χ2n) is 5.00. The first-order chi connectivity index (χ1) is 8.69. The van der Waals surface area contributed by atoms with Crippen molar-refractivity contribution < 1.29 is 9.90 Å². The van der Waals surface area contributed by atoms with Crippen molar-refractivity contribution >= 4 is 5.91 Å². The molecule has 0 aromatic rings. The Hall–Kier alpha value is -0.870. The van der Waals surface area contributed by atoms with Crippen molar-refractivity contribution in [1.29, 1.82) is 0 Å². The first-order valence-corrected chi connectivity index (χ1v) is 7.02. The average molecular weight is 254 g/mol. The molecule has 4 nitrogen and oxygen atoms in total. The molecule has 104 valence electrons. The van der Waals surface area contributed by atoms with Crippen molar-refractivity contribution in [2.45, 2.75) is 45.1 Å². The van der Waals surface area contributed by atoms with Crippen LogP contribution in [0.4, 0.5) is 0 Å². The number of aliphatic hydroxyl groups is 1. The van der Waals surface area contributed by atoms with Crippen LogP contribution in [0.3, 0.4) is 0 Å². The predicted octanol–water partition coefficient (Wildman–Crippen LogP) is 1.29. The molecule has 0 saturated heterocycles. The van der Waals surface area contributed by atoms with Gasteiger partial charge in [-0.2, -0.15) is 0 Å². The van der Waals surface area contributed by atoms with Crippen LogP contribution in [0.1, 0.15) is 39.0 Å². The first kappa shape index (κ1) is 15.2. The highest BCUT2D eigenvalue weighted by Crippen LogP contribution is 2.19. The lowest BCUT2D eigenvalue weighted by Gasteiger charge is -2.24. The molecule has 1 rings (SSSR count). The second kappa shape index (κ2) is 8.27. The number of nitrogens with two attached hydrogens (primary N) is 1. The standard InChI is InChI=1S/C14H26N2O2/c1-2-3-4-5-8-16(9-10-17)14(18)12-6-7-13(15)11-12/h6-7,12-13,17H,2-5,8-11,15H2,1H3. The molecule has 1 aliphatic rings. The molecule has 2 unspecified atom stereocenters. The first-order valence-electron chi connectivity index (χ1n) is 7.02. The molecule has 2 atom stereocenters. The largest absolute Gasteiger partial charge is 0.395 e. The van der Waals surface area contributed by atoms with Crippen LogP contribution < -0.4 is 5.73 Å². The van der Waals surface area contributed by atoms with E-state index < -0.39 is 0 Å². The summed E-state index contributed by atoms with van der Waals surface area (Å²) in [6.45, 7) is 3.38. The Morgan fingerprint density at radius 3 is 2.67 bits per heavy atom. The Morgan fingerprint density at radius 2 is 2.11 bits per heavy atom. The minimum Gasteiger partial charge on any atom is -0.395 e. The van der Waals surface area contributed by atoms with Gasteiger partial charge in [0.1, 0.15) is 0 Å². The van der Waals surface area contributed by atoms with E-state index in [0.717, 1.165) is 19.4 Å². The zero-order chi connectivity index (χ0) is 13.4. The van der Waals surface area contributed by atoms with Crippen molar-refractivity contribution in [3.8, 4) is 0 Å². The minimum atomic E-state index is -0.0854. The SMILES string of the molecule is CCCCCCN(CCO)C(=O)C1C=CC(N)C1. The summed E-state index contributed by atoms with van der Waals surface area (Å²) in [6, 6.07) is 0.00928. The van der Waals surface area contributed by atoms with Gasteiger partial charge in [-0.3, -0.25) is 4.79 Å². The van der Waals surface area contributed by atoms with E-state index in [9.17, 15) is 4.79 Å². The highest BCUT2D eigenvalue weighted by atomic mass is 16.3. The van der Waals surface area contributed by atoms with Crippen LogP contribution >= 0.6 is 0 Å². The van der Waals surface area contributed by atoms with E-state index in [1.165, 1.54) is 12.8 Å². The molecule has 0 aromatic carbocycles. The maximum Gasteiger partial charge on any atom is 0.229 e. The Labute approximate surface area is 110 Å². The molecule has 0 saturated carbocycles. The van der Waals surface area contributed by atoms with Crippen LogP contribution in [0.25, 0.3) is 0 Å². The van der Waals surface area contributed by atoms with Crippen molar-refractivity contribution in [1.82, 2.24) is 4.90 Å². The molecule has 1 aliphatic carbocycles. The number of aliphatic hydroxyl groups excluding tert-OH is 1. The van der Waals surface area contributed by atoms with Gasteiger partial charge in [-0.1, -0.05) is 38.3 Å². The number of hydrogen-bond donors (Lipinski definition) is 2. The molecule has 0 bridgehead atoms. The van der Waals surface area contributed by atoms with E-state index in [2.05, 4.69) is 6.92 Å². The normalized spacial score (nSPS) is 22.4. The van der Waals surface area contributed by atoms with E-state index in [1.54, 1.807) is 4.90 Å². The minimum absolute atomic E-state index is 0.00928. The molecular weight excluding hydrogens is 228 g/mol. The molecule has 0 radical (unpaired) electrons. The molecule has 0 fully saturated rings. The summed E-state index contributed by atoms with van der Waals surface area (Å²) >= 11 is 0. The topological polar surface area (TPSA) is 66.6 Å². The van der Waals surface area contributed by atoms with Crippen LogP contribution in [-0.4, -0.2) is 41.7 Å². The summed E-state index contributed by atoms with van der Waals surface area (Å²) < 4.78 is 0. The lowest BCUT2D eigenvalue weighted by Crippen LogP contribution is -2.38. The van der Waals surface area contributed by atoms with Crippen LogP contribution in [0.5, 0.6) is 0 Å². The highest BCUT2D eigenvalue weighted by Gasteiger charge is 2.26. The van der Waals surface area contributed by atoms with Crippen LogP contribution in [0, 0.1) is 5.92 Å². The summed E-state index contributed by atoms with van der Waals surface area (Å²) in [5.74, 6) is 0.0301. The van der Waals surface area contributed by atoms with Crippen LogP contribution in [0.15, 0.2) is 12.2 Å². The number of carbonyl (C=O) groups is 1. The third-order valence-corrected chi connectivity index (χ3v) is 3.40. The van der Waals surface area contributed by atoms with Crippen molar-refractivity contribution in [3.05, 3.63) is 12.2 Å². The van der Waals surface area contributed by atoms with E-state index in [-0.39, 0.29) is 24.5 Å². The van der Waals surface area contributed by atoms with Gasteiger partial charge in [0.15, 0.2) is 0 Å². The van der Waals surface area contributed by atoms with E-state index in [0.29, 0.717) is 13.0 Å². The second-order valence-corrected chi connectivity index (χ2v) is 5.00. The Bertz CT molecular complexity index is 279. The third-order valence-electron chi connectivity index (χ3n) is 3.40. The number of carbonyl (C=O) groups excluding carboxylic acids is 1. The van der Waals surface area contributed by atoms with Gasteiger partial charge < -0.3 is 15.7 Å². The smallest absolute Gasteiger partial charge is 0.229 e. The third kappa shape index (κ3) is 4.78. The molecule has 0 aliphatic heterocycles. The summed E-state index contributed by atoms with van der Waals surface area (Å²) in [7, 11) is 0. The maximum absolute atomic E-state index is 12.3. The fourth-order valence-corrected chi connectivity index (χ4v) is 2.33. The van der Waals surface area contributed by atoms with Crippen molar-refractivity contribution in [2.24, 2.45) is 11.7 Å². The number of rotatable bonds is 8. The molecule has 1 amide bonds. The van der Waals surface area contributed by atoms with Crippen molar-refractivity contribution in [3.63, 3.8) is 0 Å². The molecule has 0 heterocycles. The Kier molecular flexibility index (Phi) is 6.98. The summed E-state index contributed by atoms with van der Waals surface area (Å²) in [5.41, 5.74) is 5.77. The number of amides is 1. The van der Waals surface area contributed by atoms with Gasteiger partial charge in [0, 0.05) is 19.1 Å². The monoisotopic (exact) mass is 254 g/mol. The Balaban J connectivity index is 2.40. The average Bonchev–Trinajstić information content (AvgIpc) is 2.79. The van der Waals surface area contributed by atoms with Gasteiger partial charge in [0.25, 0.3) is 0 Å². The van der Waals surface area contributed by atoms with Gasteiger partial charge in [0.05, 0.1) is 12.5 Å². The van der Waals surface area contributed by atoms with Crippen LogP contribution in [-0.2, 0) is 4.79 Å². The number of hydrogen-bond acceptors (Lipinski definition) is 3. The predicted molar refractivity (Wildman–Crippen MR) is 73.0 cm³/mol. The number of nitrogens with zero attached hydrogens (tertiary/aromatic N) is 1. The molecule has 18 heavy (non-hydrogen) atoms. The fourth-order valence-electron chi connectivity index (χ4n) is 2.33. The molecule has 0 spiro atoms. The lowest BCUT2D eigenvalue weighted by molar-refractivity contribution is -0.134. The van der Waals surface area contributed by atoms with Gasteiger partial charge >= 0.3 is 0 Å². The zero-order valence-corrected chi connectivity index (χ0v) is 11.3. The highest BCUT2D eigenvalue weighted by molar-refractivity contribution is 5.81. The van der Waals surface area contributed by atoms with Gasteiger partial charge in [-0.15, -0.1) is 0 Å². The summed E-state index contributed by atoms with van der Waals surface area (Å²) in [6.07, 6.45) is 9.06. The zero-order valence-electron chi connectivity index (χ0n) is 11.3. The lowest BCUT2D eigenvalue weighted by atomic mass is 10.1. The molecular formula is C14H26N2O2. The Morgan fingerprint density at radius 1 is 1.33 bits per heavy atom. The maximum atomic E-state index is 12.3. The summed E-state index contributed by atoms with van der Waals surface area (Å²) in [4.78, 5) is 14.0. The fraction of sp³-hybridized carbons (Fsp3) is 0.786. The van der Waals surface area contributed by atoms with Gasteiger partial charge in [0.2, 0.25) is 5.91 Å². The molecule has 4 heteroatoms. The van der Waals surface area contributed by atoms with Gasteiger partial charge in [-0.25, -0.2) is 0 Å². The van der Waals surface area contributed by atoms with E-state index in [1.807, 2.05) is 12.2 Å². The van der Waals surface area contributed by atoms with E-state index >= 15 is 0 Å².